The number of nitro groups is 1. The van der Waals surface area contributed by atoms with Crippen molar-refractivity contribution in [1.82, 2.24) is 9.78 Å². The van der Waals surface area contributed by atoms with Gasteiger partial charge in [-0.1, -0.05) is 0 Å². The van der Waals surface area contributed by atoms with E-state index in [1.807, 2.05) is 13.8 Å². The van der Waals surface area contributed by atoms with Crippen LogP contribution in [0.4, 0.5) is 11.4 Å². The van der Waals surface area contributed by atoms with E-state index in [1.165, 1.54) is 24.3 Å². The third-order valence-electron chi connectivity index (χ3n) is 3.49. The molecular weight excluding hydrogens is 300 g/mol. The molecule has 1 aromatic carbocycles. The van der Waals surface area contributed by atoms with Crippen molar-refractivity contribution in [3.8, 4) is 5.75 Å². The zero-order chi connectivity index (χ0) is 17.1. The van der Waals surface area contributed by atoms with Crippen molar-refractivity contribution in [2.75, 3.05) is 5.32 Å². The van der Waals surface area contributed by atoms with Crippen LogP contribution in [0, 0.1) is 24.0 Å². The lowest BCUT2D eigenvalue weighted by Gasteiger charge is -2.14. The number of nitrogens with one attached hydrogen (secondary N) is 1. The zero-order valence-corrected chi connectivity index (χ0v) is 13.4. The number of nitrogens with zero attached hydrogens (tertiary/aromatic N) is 3. The van der Waals surface area contributed by atoms with Gasteiger partial charge in [-0.2, -0.15) is 5.10 Å². The van der Waals surface area contributed by atoms with Gasteiger partial charge in [0.15, 0.2) is 6.10 Å². The summed E-state index contributed by atoms with van der Waals surface area (Å²) < 4.78 is 7.20. The van der Waals surface area contributed by atoms with Crippen LogP contribution in [0.3, 0.4) is 0 Å². The van der Waals surface area contributed by atoms with Crippen LogP contribution in [0.5, 0.6) is 5.75 Å². The molecule has 0 bridgehead atoms. The maximum atomic E-state index is 12.2. The first-order valence-electron chi connectivity index (χ1n) is 7.01. The lowest BCUT2D eigenvalue weighted by atomic mass is 10.2. The molecule has 1 amide bonds. The van der Waals surface area contributed by atoms with Gasteiger partial charge in [-0.3, -0.25) is 19.6 Å². The van der Waals surface area contributed by atoms with Crippen molar-refractivity contribution in [2.45, 2.75) is 26.9 Å². The first-order chi connectivity index (χ1) is 10.8. The molecular formula is C15H18N4O4. The Kier molecular flexibility index (Phi) is 4.63. The highest BCUT2D eigenvalue weighted by Gasteiger charge is 2.19. The second-order valence-electron chi connectivity index (χ2n) is 5.17. The lowest BCUT2D eigenvalue weighted by Crippen LogP contribution is -2.30. The predicted octanol–water partition coefficient (Wildman–Crippen LogP) is 2.35. The molecule has 8 nitrogen and oxygen atoms in total. The SMILES string of the molecule is Cc1nn(C)c(C)c1NC(=O)[C@@H](C)Oc1ccc([N+](=O)[O-])cc1. The van der Waals surface area contributed by atoms with Crippen molar-refractivity contribution < 1.29 is 14.5 Å². The number of non-ortho nitro benzene ring substituents is 1. The number of nitro benzene ring substituents is 1. The summed E-state index contributed by atoms with van der Waals surface area (Å²) in [5.41, 5.74) is 2.20. The molecule has 0 aliphatic heterocycles. The summed E-state index contributed by atoms with van der Waals surface area (Å²) >= 11 is 0. The Morgan fingerprint density at radius 2 is 1.96 bits per heavy atom. The maximum Gasteiger partial charge on any atom is 0.269 e. The van der Waals surface area contributed by atoms with Gasteiger partial charge in [0.2, 0.25) is 0 Å². The fourth-order valence-corrected chi connectivity index (χ4v) is 2.08. The van der Waals surface area contributed by atoms with Crippen LogP contribution in [0.25, 0.3) is 0 Å². The smallest absolute Gasteiger partial charge is 0.269 e. The van der Waals surface area contributed by atoms with E-state index < -0.39 is 11.0 Å². The topological polar surface area (TPSA) is 99.3 Å². The van der Waals surface area contributed by atoms with Crippen LogP contribution in [0.2, 0.25) is 0 Å². The summed E-state index contributed by atoms with van der Waals surface area (Å²) in [5.74, 6) is 0.0698. The number of amides is 1. The Bertz CT molecular complexity index is 737. The summed E-state index contributed by atoms with van der Waals surface area (Å²) in [5, 5.41) is 17.6. The third kappa shape index (κ3) is 3.65. The van der Waals surface area contributed by atoms with Gasteiger partial charge in [-0.25, -0.2) is 0 Å². The van der Waals surface area contributed by atoms with Crippen LogP contribution in [0.15, 0.2) is 24.3 Å². The van der Waals surface area contributed by atoms with Crippen molar-refractivity contribution in [2.24, 2.45) is 7.05 Å². The number of ether oxygens (including phenoxy) is 1. The highest BCUT2D eigenvalue weighted by atomic mass is 16.6. The van der Waals surface area contributed by atoms with Gasteiger partial charge in [0, 0.05) is 19.2 Å². The van der Waals surface area contributed by atoms with E-state index in [1.54, 1.807) is 18.7 Å². The highest BCUT2D eigenvalue weighted by molar-refractivity contribution is 5.95. The fraction of sp³-hybridized carbons (Fsp3) is 0.333. The molecule has 1 heterocycles. The standard InChI is InChI=1S/C15H18N4O4/c1-9-14(10(2)18(4)17-9)16-15(20)11(3)23-13-7-5-12(6-8-13)19(21)22/h5-8,11H,1-4H3,(H,16,20)/t11-/m1/s1. The summed E-state index contributed by atoms with van der Waals surface area (Å²) in [7, 11) is 1.80. The Balaban J connectivity index is 2.03. The third-order valence-corrected chi connectivity index (χ3v) is 3.49. The normalized spacial score (nSPS) is 11.8. The van der Waals surface area contributed by atoms with E-state index >= 15 is 0 Å². The molecule has 8 heteroatoms. The average molecular weight is 318 g/mol. The molecule has 0 fully saturated rings. The number of hydrogen-bond donors (Lipinski definition) is 1. The number of anilines is 1. The molecule has 0 unspecified atom stereocenters. The molecule has 2 aromatic rings. The number of carbonyl (C=O) groups is 1. The number of aromatic nitrogens is 2. The van der Waals surface area contributed by atoms with Gasteiger partial charge in [0.05, 0.1) is 22.0 Å². The van der Waals surface area contributed by atoms with E-state index in [4.69, 9.17) is 4.74 Å². The maximum absolute atomic E-state index is 12.2. The second-order valence-corrected chi connectivity index (χ2v) is 5.17. The van der Waals surface area contributed by atoms with Crippen LogP contribution in [0.1, 0.15) is 18.3 Å². The monoisotopic (exact) mass is 318 g/mol. The van der Waals surface area contributed by atoms with Crippen LogP contribution in [-0.4, -0.2) is 26.7 Å². The van der Waals surface area contributed by atoms with Gasteiger partial charge >= 0.3 is 0 Å². The van der Waals surface area contributed by atoms with Crippen molar-refractivity contribution in [1.29, 1.82) is 0 Å². The Morgan fingerprint density at radius 3 is 2.43 bits per heavy atom. The molecule has 0 saturated heterocycles. The van der Waals surface area contributed by atoms with E-state index in [0.717, 1.165) is 11.4 Å². The molecule has 0 radical (unpaired) electrons. The number of hydrogen-bond acceptors (Lipinski definition) is 5. The number of benzene rings is 1. The first kappa shape index (κ1) is 16.5. The van der Waals surface area contributed by atoms with Gasteiger partial charge in [0.1, 0.15) is 5.75 Å². The Morgan fingerprint density at radius 1 is 1.35 bits per heavy atom. The molecule has 23 heavy (non-hydrogen) atoms. The van der Waals surface area contributed by atoms with Crippen LogP contribution >= 0.6 is 0 Å². The number of aryl methyl sites for hydroxylation is 2. The molecule has 0 spiro atoms. The van der Waals surface area contributed by atoms with E-state index in [9.17, 15) is 14.9 Å². The van der Waals surface area contributed by atoms with Crippen molar-refractivity contribution in [3.05, 3.63) is 45.8 Å². The van der Waals surface area contributed by atoms with E-state index in [2.05, 4.69) is 10.4 Å². The molecule has 2 rings (SSSR count). The van der Waals surface area contributed by atoms with E-state index in [0.29, 0.717) is 11.4 Å². The quantitative estimate of drug-likeness (QED) is 0.674. The molecule has 0 aliphatic carbocycles. The fourth-order valence-electron chi connectivity index (χ4n) is 2.08. The van der Waals surface area contributed by atoms with Gasteiger partial charge < -0.3 is 10.1 Å². The minimum Gasteiger partial charge on any atom is -0.481 e. The molecule has 1 N–H and O–H groups in total. The summed E-state index contributed by atoms with van der Waals surface area (Å²) in [4.78, 5) is 22.3. The largest absolute Gasteiger partial charge is 0.481 e. The molecule has 1 atom stereocenters. The summed E-state index contributed by atoms with van der Waals surface area (Å²) in [6, 6.07) is 5.58. The minimum atomic E-state index is -0.754. The van der Waals surface area contributed by atoms with Crippen LogP contribution in [-0.2, 0) is 11.8 Å². The minimum absolute atomic E-state index is 0.0314. The summed E-state index contributed by atoms with van der Waals surface area (Å²) in [6.07, 6.45) is -0.754. The zero-order valence-electron chi connectivity index (χ0n) is 13.4. The van der Waals surface area contributed by atoms with Gasteiger partial charge in [-0.15, -0.1) is 0 Å². The second kappa shape index (κ2) is 6.47. The Hall–Kier alpha value is -2.90. The number of rotatable bonds is 5. The van der Waals surface area contributed by atoms with Gasteiger partial charge in [0.25, 0.3) is 11.6 Å². The lowest BCUT2D eigenvalue weighted by molar-refractivity contribution is -0.384. The first-order valence-corrected chi connectivity index (χ1v) is 7.01. The Labute approximate surface area is 133 Å². The number of carbonyl (C=O) groups excluding carboxylic acids is 1. The van der Waals surface area contributed by atoms with Crippen molar-refractivity contribution in [3.63, 3.8) is 0 Å². The van der Waals surface area contributed by atoms with E-state index in [-0.39, 0.29) is 11.6 Å². The van der Waals surface area contributed by atoms with Crippen molar-refractivity contribution >= 4 is 17.3 Å². The molecule has 122 valence electrons. The average Bonchev–Trinajstić information content (AvgIpc) is 2.74. The molecule has 1 aromatic heterocycles. The highest BCUT2D eigenvalue weighted by Crippen LogP contribution is 2.21. The molecule has 0 saturated carbocycles. The van der Waals surface area contributed by atoms with Gasteiger partial charge in [-0.05, 0) is 32.9 Å². The van der Waals surface area contributed by atoms with Crippen LogP contribution < -0.4 is 10.1 Å². The predicted molar refractivity (Wildman–Crippen MR) is 84.5 cm³/mol. The summed E-state index contributed by atoms with van der Waals surface area (Å²) in [6.45, 7) is 5.28. The molecule has 0 aliphatic rings.